The van der Waals surface area contributed by atoms with Gasteiger partial charge in [-0.3, -0.25) is 9.52 Å². The third-order valence-corrected chi connectivity index (χ3v) is 5.51. The van der Waals surface area contributed by atoms with Gasteiger partial charge in [-0.25, -0.2) is 8.42 Å². The van der Waals surface area contributed by atoms with Crippen molar-refractivity contribution in [3.8, 4) is 0 Å². The molecule has 0 spiro atoms. The summed E-state index contributed by atoms with van der Waals surface area (Å²) in [5.74, 6) is 0.792. The van der Waals surface area contributed by atoms with E-state index in [9.17, 15) is 13.2 Å². The number of anilines is 2. The molecule has 27 heavy (non-hydrogen) atoms. The first-order valence-corrected chi connectivity index (χ1v) is 10.9. The van der Waals surface area contributed by atoms with Crippen molar-refractivity contribution < 1.29 is 13.2 Å². The van der Waals surface area contributed by atoms with Crippen molar-refractivity contribution in [3.05, 3.63) is 54.1 Å². The van der Waals surface area contributed by atoms with Crippen LogP contribution in [0.3, 0.4) is 0 Å². The fourth-order valence-electron chi connectivity index (χ4n) is 2.52. The molecule has 146 valence electrons. The van der Waals surface area contributed by atoms with Gasteiger partial charge in [0.15, 0.2) is 0 Å². The zero-order valence-corrected chi connectivity index (χ0v) is 17.1. The summed E-state index contributed by atoms with van der Waals surface area (Å²) in [5, 5.41) is 2.79. The summed E-state index contributed by atoms with van der Waals surface area (Å²) < 4.78 is 27.6. The van der Waals surface area contributed by atoms with Crippen molar-refractivity contribution in [2.75, 3.05) is 15.9 Å². The highest BCUT2D eigenvalue weighted by Gasteiger charge is 2.14. The fourth-order valence-corrected chi connectivity index (χ4v) is 3.72. The Bertz CT molecular complexity index is 848. The second-order valence-electron chi connectivity index (χ2n) is 6.77. The van der Waals surface area contributed by atoms with Gasteiger partial charge in [0, 0.05) is 23.7 Å². The lowest BCUT2D eigenvalue weighted by atomic mass is 10.1. The van der Waals surface area contributed by atoms with Crippen molar-refractivity contribution >= 4 is 38.9 Å². The molecule has 0 radical (unpaired) electrons. The lowest BCUT2D eigenvalue weighted by molar-refractivity contribution is -0.116. The van der Waals surface area contributed by atoms with E-state index in [1.54, 1.807) is 48.5 Å². The molecule has 2 rings (SSSR count). The van der Waals surface area contributed by atoms with Gasteiger partial charge in [0.1, 0.15) is 0 Å². The Morgan fingerprint density at radius 1 is 1.00 bits per heavy atom. The Balaban J connectivity index is 2.01. The first-order chi connectivity index (χ1) is 12.8. The van der Waals surface area contributed by atoms with E-state index in [4.69, 9.17) is 11.6 Å². The van der Waals surface area contributed by atoms with E-state index in [1.807, 2.05) is 13.8 Å². The maximum absolute atomic E-state index is 12.5. The third-order valence-electron chi connectivity index (χ3n) is 3.85. The van der Waals surface area contributed by atoms with Crippen molar-refractivity contribution in [3.63, 3.8) is 0 Å². The van der Waals surface area contributed by atoms with Crippen molar-refractivity contribution in [2.45, 2.75) is 38.0 Å². The second-order valence-corrected chi connectivity index (χ2v) is 8.83. The molecule has 2 aromatic rings. The second kappa shape index (κ2) is 9.76. The Morgan fingerprint density at radius 3 is 2.15 bits per heavy atom. The molecule has 0 fully saturated rings. The molecule has 0 atom stereocenters. The number of aryl methyl sites for hydroxylation is 1. The predicted molar refractivity (Wildman–Crippen MR) is 111 cm³/mol. The first kappa shape index (κ1) is 21.3. The monoisotopic (exact) mass is 408 g/mol. The van der Waals surface area contributed by atoms with E-state index >= 15 is 0 Å². The lowest BCUT2D eigenvalue weighted by Crippen LogP contribution is -2.14. The smallest absolute Gasteiger partial charge is 0.261 e. The SMILES string of the molecule is CC(C)CC(=O)Nc1ccc(NS(=O)(=O)c2ccc(CCCCl)cc2)cc1. The van der Waals surface area contributed by atoms with Crippen LogP contribution in [0.15, 0.2) is 53.4 Å². The molecule has 0 bridgehead atoms. The number of halogens is 1. The molecule has 0 saturated heterocycles. The topological polar surface area (TPSA) is 75.3 Å². The van der Waals surface area contributed by atoms with Crippen LogP contribution in [0.5, 0.6) is 0 Å². The van der Waals surface area contributed by atoms with Gasteiger partial charge in [-0.15, -0.1) is 11.6 Å². The Labute approximate surface area is 166 Å². The van der Waals surface area contributed by atoms with Crippen LogP contribution in [0, 0.1) is 5.92 Å². The Morgan fingerprint density at radius 2 is 1.59 bits per heavy atom. The zero-order chi connectivity index (χ0) is 19.9. The minimum Gasteiger partial charge on any atom is -0.326 e. The molecule has 5 nitrogen and oxygen atoms in total. The number of hydrogen-bond donors (Lipinski definition) is 2. The summed E-state index contributed by atoms with van der Waals surface area (Å²) in [7, 11) is -3.67. The van der Waals surface area contributed by atoms with Crippen LogP contribution in [0.25, 0.3) is 0 Å². The average molecular weight is 409 g/mol. The summed E-state index contributed by atoms with van der Waals surface area (Å²) >= 11 is 5.68. The van der Waals surface area contributed by atoms with Gasteiger partial charge in [-0.2, -0.15) is 0 Å². The summed E-state index contributed by atoms with van der Waals surface area (Å²) in [6.07, 6.45) is 2.11. The minimum atomic E-state index is -3.67. The number of carbonyl (C=O) groups excluding carboxylic acids is 1. The summed E-state index contributed by atoms with van der Waals surface area (Å²) in [5.41, 5.74) is 2.12. The fraction of sp³-hybridized carbons (Fsp3) is 0.350. The van der Waals surface area contributed by atoms with Crippen LogP contribution in [-0.4, -0.2) is 20.2 Å². The van der Waals surface area contributed by atoms with Gasteiger partial charge in [-0.05, 0) is 60.7 Å². The van der Waals surface area contributed by atoms with Crippen LogP contribution in [0.1, 0.15) is 32.3 Å². The number of benzene rings is 2. The van der Waals surface area contributed by atoms with E-state index in [-0.39, 0.29) is 16.7 Å². The maximum atomic E-state index is 12.5. The molecule has 0 saturated carbocycles. The maximum Gasteiger partial charge on any atom is 0.261 e. The lowest BCUT2D eigenvalue weighted by Gasteiger charge is -2.11. The number of amides is 1. The Hall–Kier alpha value is -2.05. The van der Waals surface area contributed by atoms with E-state index in [1.165, 1.54) is 0 Å². The van der Waals surface area contributed by atoms with Crippen LogP contribution >= 0.6 is 11.6 Å². The molecule has 0 heterocycles. The largest absolute Gasteiger partial charge is 0.326 e. The van der Waals surface area contributed by atoms with Crippen molar-refractivity contribution in [1.82, 2.24) is 0 Å². The minimum absolute atomic E-state index is 0.0624. The van der Waals surface area contributed by atoms with E-state index in [0.717, 1.165) is 18.4 Å². The molecule has 2 aromatic carbocycles. The molecule has 0 aliphatic rings. The molecule has 0 aromatic heterocycles. The van der Waals surface area contributed by atoms with E-state index < -0.39 is 10.0 Å². The standard InChI is InChI=1S/C20H25ClN2O3S/c1-15(2)14-20(24)22-17-7-9-18(10-8-17)23-27(25,26)19-11-5-16(6-12-19)4-3-13-21/h5-12,15,23H,3-4,13-14H2,1-2H3,(H,22,24). The van der Waals surface area contributed by atoms with Crippen LogP contribution in [0.2, 0.25) is 0 Å². The van der Waals surface area contributed by atoms with Gasteiger partial charge in [0.05, 0.1) is 4.90 Å². The van der Waals surface area contributed by atoms with E-state index in [2.05, 4.69) is 10.0 Å². The van der Waals surface area contributed by atoms with Gasteiger partial charge >= 0.3 is 0 Å². The zero-order valence-electron chi connectivity index (χ0n) is 15.5. The highest BCUT2D eigenvalue weighted by Crippen LogP contribution is 2.19. The van der Waals surface area contributed by atoms with Gasteiger partial charge in [0.25, 0.3) is 10.0 Å². The molecule has 2 N–H and O–H groups in total. The highest BCUT2D eigenvalue weighted by atomic mass is 35.5. The van der Waals surface area contributed by atoms with E-state index in [0.29, 0.717) is 23.7 Å². The van der Waals surface area contributed by atoms with Gasteiger partial charge in [0.2, 0.25) is 5.91 Å². The van der Waals surface area contributed by atoms with Crippen LogP contribution in [-0.2, 0) is 21.2 Å². The molecule has 0 aliphatic heterocycles. The highest BCUT2D eigenvalue weighted by molar-refractivity contribution is 7.92. The van der Waals surface area contributed by atoms with Crippen molar-refractivity contribution in [1.29, 1.82) is 0 Å². The van der Waals surface area contributed by atoms with Gasteiger partial charge < -0.3 is 5.32 Å². The number of alkyl halides is 1. The summed E-state index contributed by atoms with van der Waals surface area (Å²) in [6.45, 7) is 3.95. The summed E-state index contributed by atoms with van der Waals surface area (Å²) in [6, 6.07) is 13.4. The summed E-state index contributed by atoms with van der Waals surface area (Å²) in [4.78, 5) is 12.0. The number of hydrogen-bond acceptors (Lipinski definition) is 3. The first-order valence-electron chi connectivity index (χ1n) is 8.88. The number of nitrogens with one attached hydrogen (secondary N) is 2. The normalized spacial score (nSPS) is 11.4. The predicted octanol–water partition coefficient (Wildman–Crippen LogP) is 4.64. The van der Waals surface area contributed by atoms with Crippen molar-refractivity contribution in [2.24, 2.45) is 5.92 Å². The average Bonchev–Trinajstić information content (AvgIpc) is 2.61. The third kappa shape index (κ3) is 6.88. The quantitative estimate of drug-likeness (QED) is 0.593. The number of carbonyl (C=O) groups is 1. The molecule has 0 unspecified atom stereocenters. The molecular formula is C20H25ClN2O3S. The van der Waals surface area contributed by atoms with Crippen LogP contribution < -0.4 is 10.0 Å². The number of rotatable bonds is 9. The molecular weight excluding hydrogens is 384 g/mol. The molecule has 7 heteroatoms. The number of sulfonamides is 1. The molecule has 1 amide bonds. The Kier molecular flexibility index (Phi) is 7.68. The van der Waals surface area contributed by atoms with Crippen LogP contribution in [0.4, 0.5) is 11.4 Å². The molecule has 0 aliphatic carbocycles. The van der Waals surface area contributed by atoms with Gasteiger partial charge in [-0.1, -0.05) is 26.0 Å².